The largest absolute Gasteiger partial charge is 0.491 e. The lowest BCUT2D eigenvalue weighted by molar-refractivity contribution is 0.0322. The molecule has 1 aliphatic carbocycles. The Morgan fingerprint density at radius 1 is 0.927 bits per heavy atom. The van der Waals surface area contributed by atoms with E-state index in [4.69, 9.17) is 14.2 Å². The molecule has 1 saturated heterocycles. The van der Waals surface area contributed by atoms with Crippen molar-refractivity contribution in [3.8, 4) is 11.5 Å². The molecule has 0 unspecified atom stereocenters. The van der Waals surface area contributed by atoms with Crippen LogP contribution in [0.1, 0.15) is 39.3 Å². The maximum absolute atomic E-state index is 6.27. The van der Waals surface area contributed by atoms with Crippen molar-refractivity contribution in [2.75, 3.05) is 39.5 Å². The molecule has 0 bridgehead atoms. The molecule has 0 atom stereocenters. The molecule has 1 N–H and O–H groups in total. The van der Waals surface area contributed by atoms with Gasteiger partial charge in [0.1, 0.15) is 24.7 Å². The highest BCUT2D eigenvalue weighted by Gasteiger charge is 2.11. The lowest BCUT2D eigenvalue weighted by Crippen LogP contribution is -2.38. The van der Waals surface area contributed by atoms with Crippen molar-refractivity contribution in [2.24, 2.45) is 0 Å². The third-order valence-corrected chi connectivity index (χ3v) is 7.18. The molecular weight excluding hydrogens is 512 g/mol. The van der Waals surface area contributed by atoms with Crippen molar-refractivity contribution in [1.82, 2.24) is 20.1 Å². The Balaban J connectivity index is 1.12. The average molecular weight is 547 g/mol. The Labute approximate surface area is 240 Å². The Kier molecular flexibility index (Phi) is 8.65. The Hall–Kier alpha value is -4.46. The van der Waals surface area contributed by atoms with Gasteiger partial charge in [0.05, 0.1) is 30.3 Å². The van der Waals surface area contributed by atoms with E-state index in [1.54, 1.807) is 6.20 Å². The van der Waals surface area contributed by atoms with Gasteiger partial charge in [-0.05, 0) is 71.7 Å². The molecule has 0 saturated carbocycles. The second-order valence-corrected chi connectivity index (χ2v) is 10.1. The van der Waals surface area contributed by atoms with Gasteiger partial charge in [-0.15, -0.1) is 0 Å². The van der Waals surface area contributed by atoms with Crippen molar-refractivity contribution in [3.05, 3.63) is 112 Å². The highest BCUT2D eigenvalue weighted by Crippen LogP contribution is 2.28. The van der Waals surface area contributed by atoms with Crippen molar-refractivity contribution in [2.45, 2.75) is 13.0 Å². The number of morpholine rings is 1. The zero-order chi connectivity index (χ0) is 27.7. The van der Waals surface area contributed by atoms with Gasteiger partial charge >= 0.3 is 0 Å². The van der Waals surface area contributed by atoms with E-state index < -0.39 is 0 Å². The van der Waals surface area contributed by atoms with Crippen molar-refractivity contribution < 1.29 is 14.2 Å². The third-order valence-electron chi connectivity index (χ3n) is 7.18. The van der Waals surface area contributed by atoms with Crippen LogP contribution in [0, 0.1) is 0 Å². The van der Waals surface area contributed by atoms with Gasteiger partial charge in [-0.2, -0.15) is 5.10 Å². The van der Waals surface area contributed by atoms with E-state index >= 15 is 0 Å². The molecule has 2 aromatic carbocycles. The fourth-order valence-electron chi connectivity index (χ4n) is 4.88. The molecule has 0 radical (unpaired) electrons. The first-order valence-corrected chi connectivity index (χ1v) is 14.1. The lowest BCUT2D eigenvalue weighted by atomic mass is 10.1. The zero-order valence-electron chi connectivity index (χ0n) is 23.0. The van der Waals surface area contributed by atoms with Gasteiger partial charge < -0.3 is 14.2 Å². The number of hydrogen-bond acceptors (Lipinski definition) is 6. The number of nitrogens with zero attached hydrogens (tertiary/aromatic N) is 3. The average Bonchev–Trinajstić information content (AvgIpc) is 3.69. The number of fused-ring (bicyclic) bond motifs is 1. The summed E-state index contributed by atoms with van der Waals surface area (Å²) < 4.78 is 17.8. The smallest absolute Gasteiger partial charge is 0.130 e. The van der Waals surface area contributed by atoms with Crippen LogP contribution in [0.15, 0.2) is 72.9 Å². The summed E-state index contributed by atoms with van der Waals surface area (Å²) >= 11 is 0. The Morgan fingerprint density at radius 3 is 2.78 bits per heavy atom. The van der Waals surface area contributed by atoms with E-state index in [0.717, 1.165) is 73.4 Å². The van der Waals surface area contributed by atoms with Crippen molar-refractivity contribution in [1.29, 1.82) is 0 Å². The van der Waals surface area contributed by atoms with Crippen molar-refractivity contribution in [3.63, 3.8) is 0 Å². The number of benzene rings is 2. The number of ether oxygens (including phenoxy) is 3. The molecule has 0 spiro atoms. The molecule has 7 nitrogen and oxygen atoms in total. The molecule has 208 valence electrons. The van der Waals surface area contributed by atoms with Gasteiger partial charge in [-0.3, -0.25) is 15.0 Å². The monoisotopic (exact) mass is 546 g/mol. The second-order valence-electron chi connectivity index (χ2n) is 10.1. The van der Waals surface area contributed by atoms with E-state index in [0.29, 0.717) is 13.2 Å². The van der Waals surface area contributed by atoms with Crippen LogP contribution in [0.4, 0.5) is 0 Å². The molecule has 2 aliphatic rings. The summed E-state index contributed by atoms with van der Waals surface area (Å²) in [5.41, 5.74) is 7.50. The summed E-state index contributed by atoms with van der Waals surface area (Å²) in [5.74, 6) is 1.52. The van der Waals surface area contributed by atoms with Gasteiger partial charge in [0, 0.05) is 37.5 Å². The van der Waals surface area contributed by atoms with Crippen LogP contribution in [0.2, 0.25) is 0 Å². The fourth-order valence-corrected chi connectivity index (χ4v) is 4.88. The number of pyridine rings is 1. The Bertz CT molecular complexity index is 1530. The molecule has 7 heteroatoms. The summed E-state index contributed by atoms with van der Waals surface area (Å²) in [5, 5.41) is 7.58. The highest BCUT2D eigenvalue weighted by atomic mass is 16.5. The van der Waals surface area contributed by atoms with E-state index in [1.807, 2.05) is 60.7 Å². The summed E-state index contributed by atoms with van der Waals surface area (Å²) in [7, 11) is 0. The predicted molar refractivity (Wildman–Crippen MR) is 163 cm³/mol. The lowest BCUT2D eigenvalue weighted by Gasteiger charge is -2.26. The highest BCUT2D eigenvalue weighted by molar-refractivity contribution is 5.75. The predicted octanol–water partition coefficient (Wildman–Crippen LogP) is 6.00. The van der Waals surface area contributed by atoms with Gasteiger partial charge in [0.2, 0.25) is 0 Å². The van der Waals surface area contributed by atoms with Crippen LogP contribution < -0.4 is 9.47 Å². The van der Waals surface area contributed by atoms with E-state index in [9.17, 15) is 0 Å². The number of H-pyrrole nitrogens is 1. The minimum atomic E-state index is 0.399. The molecule has 1 fully saturated rings. The number of nitrogens with one attached hydrogen (secondary N) is 1. The SMILES string of the molecule is C1=Cc2ccc(/C=C/c3cc(/C=C/c4ccc(OCc5ccccn5)cc4OCCN4CCOCC4)[nH]n3)cc2C1. The van der Waals surface area contributed by atoms with Crippen LogP contribution in [0.5, 0.6) is 11.5 Å². The summed E-state index contributed by atoms with van der Waals surface area (Å²) in [6, 6.07) is 20.3. The van der Waals surface area contributed by atoms with Crippen LogP contribution in [0.25, 0.3) is 30.4 Å². The van der Waals surface area contributed by atoms with E-state index in [-0.39, 0.29) is 0 Å². The van der Waals surface area contributed by atoms with Crippen LogP contribution >= 0.6 is 0 Å². The Morgan fingerprint density at radius 2 is 1.88 bits per heavy atom. The first-order valence-electron chi connectivity index (χ1n) is 14.1. The normalized spacial score (nSPS) is 15.1. The van der Waals surface area contributed by atoms with Crippen LogP contribution in [-0.2, 0) is 17.8 Å². The molecule has 41 heavy (non-hydrogen) atoms. The van der Waals surface area contributed by atoms with Gasteiger partial charge in [-0.25, -0.2) is 0 Å². The minimum Gasteiger partial charge on any atom is -0.491 e. The van der Waals surface area contributed by atoms with Crippen LogP contribution in [0.3, 0.4) is 0 Å². The number of aromatic nitrogens is 3. The number of aromatic amines is 1. The molecule has 4 aromatic rings. The summed E-state index contributed by atoms with van der Waals surface area (Å²) in [6.45, 7) is 5.25. The standard InChI is InChI=1S/C34H34N4O3/c1-2-15-35-32(6-1)25-41-33-14-11-28(34(24-33)40-21-18-38-16-19-39-20-17-38)10-13-31-23-30(36-37-31)12-8-26-7-9-27-4-3-5-29(27)22-26/h1-4,6-15,22-24H,5,16-21,25H2,(H,36,37)/b12-8+,13-10+. The molecular formula is C34H34N4O3. The fraction of sp³-hybridized carbons (Fsp3) is 0.235. The maximum atomic E-state index is 6.27. The molecule has 1 aliphatic heterocycles. The zero-order valence-corrected chi connectivity index (χ0v) is 23.0. The molecule has 2 aromatic heterocycles. The van der Waals surface area contributed by atoms with Gasteiger partial charge in [0.25, 0.3) is 0 Å². The number of rotatable bonds is 11. The molecule has 0 amide bonds. The molecule has 6 rings (SSSR count). The molecule has 3 heterocycles. The minimum absolute atomic E-state index is 0.399. The van der Waals surface area contributed by atoms with Gasteiger partial charge in [-0.1, -0.05) is 42.5 Å². The van der Waals surface area contributed by atoms with E-state index in [2.05, 4.69) is 56.5 Å². The first-order chi connectivity index (χ1) is 20.3. The maximum Gasteiger partial charge on any atom is 0.130 e. The summed E-state index contributed by atoms with van der Waals surface area (Å²) in [6.07, 6.45) is 15.4. The van der Waals surface area contributed by atoms with Crippen LogP contribution in [-0.4, -0.2) is 59.5 Å². The van der Waals surface area contributed by atoms with Gasteiger partial charge in [0.15, 0.2) is 0 Å². The number of allylic oxidation sites excluding steroid dienone is 1. The quantitative estimate of drug-likeness (QED) is 0.249. The number of hydrogen-bond donors (Lipinski definition) is 1. The topological polar surface area (TPSA) is 72.5 Å². The summed E-state index contributed by atoms with van der Waals surface area (Å²) in [4.78, 5) is 6.71. The second kappa shape index (κ2) is 13.3. The third kappa shape index (κ3) is 7.39. The van der Waals surface area contributed by atoms with E-state index in [1.165, 1.54) is 16.7 Å². The first kappa shape index (κ1) is 26.7. The van der Waals surface area contributed by atoms with Crippen molar-refractivity contribution >= 4 is 30.4 Å².